The summed E-state index contributed by atoms with van der Waals surface area (Å²) in [5.74, 6) is 0. The molecule has 0 spiro atoms. The third-order valence-corrected chi connectivity index (χ3v) is 2.64. The Hall–Kier alpha value is -0.280. The van der Waals surface area contributed by atoms with Gasteiger partial charge in [0.1, 0.15) is 0 Å². The van der Waals surface area contributed by atoms with Crippen LogP contribution in [0.3, 0.4) is 0 Å². The minimum Gasteiger partial charge on any atom is -0.396 e. The first-order valence-electron chi connectivity index (χ1n) is 7.19. The third-order valence-electron chi connectivity index (χ3n) is 2.64. The highest BCUT2D eigenvalue weighted by atomic mass is 16.5. The van der Waals surface area contributed by atoms with Gasteiger partial charge in [-0.15, -0.1) is 0 Å². The molecule has 0 bridgehead atoms. The Morgan fingerprint density at radius 2 is 1.00 bits per heavy atom. The molecule has 0 aliphatic rings. The van der Waals surface area contributed by atoms with Gasteiger partial charge in [-0.3, -0.25) is 0 Å². The van der Waals surface area contributed by atoms with E-state index < -0.39 is 23.7 Å². The molecule has 0 aromatic heterocycles. The van der Waals surface area contributed by atoms with Crippen LogP contribution in [0, 0.1) is 5.41 Å². The highest BCUT2D eigenvalue weighted by molar-refractivity contribution is 4.79. The Morgan fingerprint density at radius 3 is 1.19 bits per heavy atom. The first-order valence-corrected chi connectivity index (χ1v) is 7.19. The fraction of sp³-hybridized carbons (Fsp3) is 1.00. The minimum atomic E-state index is -0.793. The summed E-state index contributed by atoms with van der Waals surface area (Å²) in [7, 11) is 0. The van der Waals surface area contributed by atoms with Crippen molar-refractivity contribution >= 4 is 0 Å². The van der Waals surface area contributed by atoms with Crippen LogP contribution in [0.15, 0.2) is 0 Å². The molecule has 0 radical (unpaired) electrons. The molecule has 0 amide bonds. The number of hydrogen-bond acceptors (Lipinski definition) is 7. The summed E-state index contributed by atoms with van der Waals surface area (Å²) in [6.07, 6.45) is -1.80. The maximum Gasteiger partial charge on any atom is 0.0745 e. The predicted molar refractivity (Wildman–Crippen MR) is 77.0 cm³/mol. The van der Waals surface area contributed by atoms with E-state index in [1.165, 1.54) is 0 Å². The van der Waals surface area contributed by atoms with Gasteiger partial charge < -0.3 is 34.6 Å². The average molecular weight is 310 g/mol. The predicted octanol–water partition coefficient (Wildman–Crippen LogP) is -0.843. The lowest BCUT2D eigenvalue weighted by Crippen LogP contribution is -2.42. The Bertz CT molecular complexity index is 207. The maximum absolute atomic E-state index is 9.64. The standard InChI is InChI=1S/C14H30O7/c1-11(16)4-19-8-14(7-15,9-20-5-12(2)17)10-21-6-13(3)18/h11-13,15-18H,4-10H2,1-3H3. The lowest BCUT2D eigenvalue weighted by molar-refractivity contribution is -0.113. The lowest BCUT2D eigenvalue weighted by atomic mass is 9.92. The maximum atomic E-state index is 9.64. The summed E-state index contributed by atoms with van der Waals surface area (Å²) in [5, 5.41) is 37.3. The Labute approximate surface area is 126 Å². The van der Waals surface area contributed by atoms with Crippen LogP contribution in [0.25, 0.3) is 0 Å². The van der Waals surface area contributed by atoms with Crippen LogP contribution in [0.5, 0.6) is 0 Å². The van der Waals surface area contributed by atoms with E-state index in [1.54, 1.807) is 20.8 Å². The second kappa shape index (κ2) is 11.3. The van der Waals surface area contributed by atoms with Gasteiger partial charge in [0.2, 0.25) is 0 Å². The SMILES string of the molecule is CC(O)COCC(CO)(COCC(C)O)COCC(C)O. The molecule has 0 aromatic carbocycles. The number of ether oxygens (including phenoxy) is 3. The lowest BCUT2D eigenvalue weighted by Gasteiger charge is -2.31. The van der Waals surface area contributed by atoms with E-state index in [0.29, 0.717) is 0 Å². The Kier molecular flexibility index (Phi) is 11.2. The zero-order valence-corrected chi connectivity index (χ0v) is 13.2. The molecule has 0 aliphatic heterocycles. The first-order chi connectivity index (χ1) is 9.81. The molecule has 0 fully saturated rings. The van der Waals surface area contributed by atoms with Crippen molar-refractivity contribution < 1.29 is 34.6 Å². The third kappa shape index (κ3) is 11.0. The van der Waals surface area contributed by atoms with E-state index in [9.17, 15) is 20.4 Å². The molecule has 0 heterocycles. The Morgan fingerprint density at radius 1 is 0.714 bits per heavy atom. The van der Waals surface area contributed by atoms with Crippen molar-refractivity contribution in [1.29, 1.82) is 0 Å². The molecule has 0 rings (SSSR count). The van der Waals surface area contributed by atoms with Gasteiger partial charge >= 0.3 is 0 Å². The van der Waals surface area contributed by atoms with Gasteiger partial charge in [0, 0.05) is 0 Å². The van der Waals surface area contributed by atoms with E-state index in [1.807, 2.05) is 0 Å². The smallest absolute Gasteiger partial charge is 0.0745 e. The number of rotatable bonds is 13. The van der Waals surface area contributed by atoms with Crippen LogP contribution in [0.2, 0.25) is 0 Å². The second-order valence-electron chi connectivity index (χ2n) is 5.75. The summed E-state index contributed by atoms with van der Waals surface area (Å²) in [6.45, 7) is 5.47. The van der Waals surface area contributed by atoms with E-state index in [0.717, 1.165) is 0 Å². The van der Waals surface area contributed by atoms with Crippen molar-refractivity contribution in [3.05, 3.63) is 0 Å². The molecule has 3 unspecified atom stereocenters. The molecule has 0 saturated heterocycles. The van der Waals surface area contributed by atoms with Gasteiger partial charge in [-0.2, -0.15) is 0 Å². The molecule has 3 atom stereocenters. The van der Waals surface area contributed by atoms with Gasteiger partial charge in [0.15, 0.2) is 0 Å². The van der Waals surface area contributed by atoms with E-state index >= 15 is 0 Å². The zero-order valence-electron chi connectivity index (χ0n) is 13.2. The quantitative estimate of drug-likeness (QED) is 0.351. The first kappa shape index (κ1) is 20.7. The zero-order chi connectivity index (χ0) is 16.3. The number of aliphatic hydroxyl groups is 4. The second-order valence-corrected chi connectivity index (χ2v) is 5.75. The van der Waals surface area contributed by atoms with Crippen molar-refractivity contribution in [3.63, 3.8) is 0 Å². The van der Waals surface area contributed by atoms with Crippen molar-refractivity contribution in [2.75, 3.05) is 46.2 Å². The molecule has 4 N–H and O–H groups in total. The van der Waals surface area contributed by atoms with Gasteiger partial charge in [-0.05, 0) is 20.8 Å². The summed E-state index contributed by atoms with van der Waals surface area (Å²) in [4.78, 5) is 0. The van der Waals surface area contributed by atoms with Crippen LogP contribution in [-0.4, -0.2) is 85.0 Å². The van der Waals surface area contributed by atoms with E-state index in [4.69, 9.17) is 14.2 Å². The minimum absolute atomic E-state index is 0.147. The van der Waals surface area contributed by atoms with Crippen molar-refractivity contribution in [3.8, 4) is 0 Å². The highest BCUT2D eigenvalue weighted by Crippen LogP contribution is 2.19. The molecule has 0 aromatic rings. The number of hydrogen-bond donors (Lipinski definition) is 4. The normalized spacial score (nSPS) is 19.0. The molecule has 0 saturated carbocycles. The summed E-state index contributed by atoms with van der Waals surface area (Å²) < 4.78 is 16.1. The van der Waals surface area contributed by atoms with Crippen LogP contribution in [0.4, 0.5) is 0 Å². The fourth-order valence-corrected chi connectivity index (χ4v) is 1.60. The van der Waals surface area contributed by atoms with Crippen molar-refractivity contribution in [1.82, 2.24) is 0 Å². The molecule has 7 heteroatoms. The molecular formula is C14H30O7. The van der Waals surface area contributed by atoms with Crippen LogP contribution in [-0.2, 0) is 14.2 Å². The molecule has 21 heavy (non-hydrogen) atoms. The van der Waals surface area contributed by atoms with E-state index in [2.05, 4.69) is 0 Å². The van der Waals surface area contributed by atoms with Gasteiger partial charge in [0.05, 0.1) is 70.0 Å². The molecular weight excluding hydrogens is 280 g/mol. The monoisotopic (exact) mass is 310 g/mol. The van der Waals surface area contributed by atoms with Gasteiger partial charge in [-0.25, -0.2) is 0 Å². The summed E-state index contributed by atoms with van der Waals surface area (Å²) in [6, 6.07) is 0. The topological polar surface area (TPSA) is 109 Å². The molecule has 7 nitrogen and oxygen atoms in total. The largest absolute Gasteiger partial charge is 0.396 e. The number of aliphatic hydroxyl groups excluding tert-OH is 4. The summed E-state index contributed by atoms with van der Waals surface area (Å²) in [5.41, 5.74) is -0.793. The van der Waals surface area contributed by atoms with Crippen LogP contribution >= 0.6 is 0 Å². The summed E-state index contributed by atoms with van der Waals surface area (Å²) >= 11 is 0. The van der Waals surface area contributed by atoms with Crippen LogP contribution in [0.1, 0.15) is 20.8 Å². The fourth-order valence-electron chi connectivity index (χ4n) is 1.60. The highest BCUT2D eigenvalue weighted by Gasteiger charge is 2.31. The van der Waals surface area contributed by atoms with Gasteiger partial charge in [0.25, 0.3) is 0 Å². The molecule has 128 valence electrons. The Balaban J connectivity index is 4.43. The van der Waals surface area contributed by atoms with Gasteiger partial charge in [-0.1, -0.05) is 0 Å². The van der Waals surface area contributed by atoms with Crippen LogP contribution < -0.4 is 0 Å². The molecule has 0 aliphatic carbocycles. The van der Waals surface area contributed by atoms with Crippen molar-refractivity contribution in [2.45, 2.75) is 39.1 Å². The van der Waals surface area contributed by atoms with E-state index in [-0.39, 0.29) is 46.2 Å². The van der Waals surface area contributed by atoms with Crippen molar-refractivity contribution in [2.24, 2.45) is 5.41 Å². The average Bonchev–Trinajstić information content (AvgIpc) is 2.36.